The number of methoxy groups -OCH3 is 1. The van der Waals surface area contributed by atoms with E-state index in [4.69, 9.17) is 0 Å². The second kappa shape index (κ2) is 4.08. The molecule has 2 rings (SSSR count). The van der Waals surface area contributed by atoms with Crippen LogP contribution in [-0.4, -0.2) is 29.3 Å². The summed E-state index contributed by atoms with van der Waals surface area (Å²) in [6.07, 6.45) is 1.62. The van der Waals surface area contributed by atoms with E-state index in [1.807, 2.05) is 13.8 Å². The summed E-state index contributed by atoms with van der Waals surface area (Å²) in [6, 6.07) is 0. The molecule has 0 spiro atoms. The van der Waals surface area contributed by atoms with Crippen LogP contribution in [0.5, 0.6) is 0 Å². The molecule has 0 aliphatic heterocycles. The second-order valence-electron chi connectivity index (χ2n) is 5.56. The Morgan fingerprint density at radius 1 is 1.56 bits per heavy atom. The summed E-state index contributed by atoms with van der Waals surface area (Å²) in [5, 5.41) is 10.6. The number of allylic oxidation sites excluding steroid dienone is 1. The van der Waals surface area contributed by atoms with Crippen molar-refractivity contribution in [2.24, 2.45) is 16.7 Å². The summed E-state index contributed by atoms with van der Waals surface area (Å²) in [5.41, 5.74) is -0.488. The highest BCUT2D eigenvalue weighted by Gasteiger charge is 2.67. The van der Waals surface area contributed by atoms with Gasteiger partial charge in [-0.2, -0.15) is 0 Å². The number of carbonyl (C=O) groups excluding carboxylic acids is 2. The van der Waals surface area contributed by atoms with Crippen LogP contribution < -0.4 is 0 Å². The normalized spacial score (nSPS) is 41.1. The molecule has 0 aromatic rings. The van der Waals surface area contributed by atoms with Crippen LogP contribution in [0.15, 0.2) is 11.3 Å². The number of aliphatic hydroxyl groups excluding tert-OH is 1. The Bertz CT molecular complexity index is 456. The summed E-state index contributed by atoms with van der Waals surface area (Å²) in [6.45, 7) is 3.96. The molecule has 2 bridgehead atoms. The number of aliphatic hydroxyl groups is 1. The molecule has 2 saturated carbocycles. The van der Waals surface area contributed by atoms with Crippen LogP contribution in [-0.2, 0) is 14.3 Å². The molecule has 0 aromatic heterocycles. The van der Waals surface area contributed by atoms with Gasteiger partial charge in [0.25, 0.3) is 0 Å². The lowest BCUT2D eigenvalue weighted by Gasteiger charge is -2.34. The van der Waals surface area contributed by atoms with Crippen molar-refractivity contribution in [2.45, 2.75) is 26.7 Å². The van der Waals surface area contributed by atoms with E-state index >= 15 is 0 Å². The Kier molecular flexibility index (Phi) is 3.08. The van der Waals surface area contributed by atoms with E-state index in [-0.39, 0.29) is 22.7 Å². The molecule has 3 atom stereocenters. The summed E-state index contributed by atoms with van der Waals surface area (Å²) >= 11 is 3.47. The van der Waals surface area contributed by atoms with Gasteiger partial charge >= 0.3 is 5.97 Å². The van der Waals surface area contributed by atoms with Crippen molar-refractivity contribution in [3.8, 4) is 0 Å². The van der Waals surface area contributed by atoms with Crippen LogP contribution in [0, 0.1) is 16.7 Å². The minimum Gasteiger partial charge on any atom is -0.502 e. The predicted molar refractivity (Wildman–Crippen MR) is 69.4 cm³/mol. The Balaban J connectivity index is 2.57. The van der Waals surface area contributed by atoms with Gasteiger partial charge in [0.2, 0.25) is 5.76 Å². The first-order valence-electron chi connectivity index (χ1n) is 5.95. The first-order chi connectivity index (χ1) is 8.33. The van der Waals surface area contributed by atoms with E-state index in [1.54, 1.807) is 0 Å². The Hall–Kier alpha value is -0.840. The Labute approximate surface area is 115 Å². The van der Waals surface area contributed by atoms with Crippen LogP contribution in [0.1, 0.15) is 26.7 Å². The van der Waals surface area contributed by atoms with Gasteiger partial charge in [-0.15, -0.1) is 0 Å². The average Bonchev–Trinajstić information content (AvgIpc) is 2.71. The maximum atomic E-state index is 12.5. The molecule has 0 heterocycles. The van der Waals surface area contributed by atoms with E-state index in [2.05, 4.69) is 20.7 Å². The fourth-order valence-corrected chi connectivity index (χ4v) is 4.44. The average molecular weight is 317 g/mol. The third-order valence-electron chi connectivity index (χ3n) is 4.97. The zero-order valence-electron chi connectivity index (χ0n) is 10.7. The smallest absolute Gasteiger partial charge is 0.373 e. The number of fused-ring (bicyclic) bond motifs is 2. The van der Waals surface area contributed by atoms with Crippen LogP contribution in [0.3, 0.4) is 0 Å². The molecule has 0 radical (unpaired) electrons. The molecular weight excluding hydrogens is 300 g/mol. The Morgan fingerprint density at radius 2 is 2.17 bits per heavy atom. The molecule has 4 nitrogen and oxygen atoms in total. The lowest BCUT2D eigenvalue weighted by atomic mass is 9.70. The highest BCUT2D eigenvalue weighted by Crippen LogP contribution is 2.66. The SMILES string of the molecule is COC(=O)/C(O)=C1/C(=O)[C@]2(C)CC[C@H]1[C@@]2(C)CBr. The van der Waals surface area contributed by atoms with E-state index in [0.29, 0.717) is 5.33 Å². The number of esters is 1. The van der Waals surface area contributed by atoms with Gasteiger partial charge in [-0.05, 0) is 24.2 Å². The molecule has 0 saturated heterocycles. The quantitative estimate of drug-likeness (QED) is 0.368. The largest absolute Gasteiger partial charge is 0.502 e. The van der Waals surface area contributed by atoms with Gasteiger partial charge in [-0.25, -0.2) is 4.79 Å². The number of alkyl halides is 1. The second-order valence-corrected chi connectivity index (χ2v) is 6.12. The van der Waals surface area contributed by atoms with Gasteiger partial charge in [0.15, 0.2) is 5.78 Å². The van der Waals surface area contributed by atoms with E-state index in [1.165, 1.54) is 7.11 Å². The number of ketones is 1. The molecule has 2 aliphatic rings. The summed E-state index contributed by atoms with van der Waals surface area (Å²) < 4.78 is 4.50. The lowest BCUT2D eigenvalue weighted by molar-refractivity contribution is -0.139. The van der Waals surface area contributed by atoms with Gasteiger partial charge in [0, 0.05) is 16.3 Å². The van der Waals surface area contributed by atoms with Crippen LogP contribution in [0.25, 0.3) is 0 Å². The molecule has 100 valence electrons. The van der Waals surface area contributed by atoms with E-state index in [9.17, 15) is 14.7 Å². The molecule has 5 heteroatoms. The van der Waals surface area contributed by atoms with E-state index < -0.39 is 17.1 Å². The molecule has 1 N–H and O–H groups in total. The number of halogens is 1. The van der Waals surface area contributed by atoms with Gasteiger partial charge in [-0.1, -0.05) is 29.8 Å². The minimum absolute atomic E-state index is 0.0755. The molecule has 2 aliphatic carbocycles. The maximum absolute atomic E-state index is 12.5. The number of rotatable bonds is 2. The van der Waals surface area contributed by atoms with Gasteiger partial charge in [0.1, 0.15) is 0 Å². The summed E-state index contributed by atoms with van der Waals surface area (Å²) in [5.74, 6) is -1.52. The number of hydrogen-bond acceptors (Lipinski definition) is 4. The fraction of sp³-hybridized carbons (Fsp3) is 0.692. The number of carbonyl (C=O) groups is 2. The minimum atomic E-state index is -0.827. The number of hydrogen-bond donors (Lipinski definition) is 1. The zero-order valence-corrected chi connectivity index (χ0v) is 12.3. The topological polar surface area (TPSA) is 63.6 Å². The van der Waals surface area contributed by atoms with Crippen molar-refractivity contribution in [1.82, 2.24) is 0 Å². The predicted octanol–water partition coefficient (Wildman–Crippen LogP) is 2.37. The summed E-state index contributed by atoms with van der Waals surface area (Å²) in [4.78, 5) is 23.9. The van der Waals surface area contributed by atoms with Crippen molar-refractivity contribution < 1.29 is 19.4 Å². The van der Waals surface area contributed by atoms with Crippen molar-refractivity contribution in [1.29, 1.82) is 0 Å². The molecular formula is C13H17BrO4. The van der Waals surface area contributed by atoms with Gasteiger partial charge < -0.3 is 9.84 Å². The molecule has 0 aromatic carbocycles. The monoisotopic (exact) mass is 316 g/mol. The molecule has 0 amide bonds. The van der Waals surface area contributed by atoms with Crippen molar-refractivity contribution >= 4 is 27.7 Å². The van der Waals surface area contributed by atoms with Crippen LogP contribution >= 0.6 is 15.9 Å². The number of ether oxygens (including phenoxy) is 1. The van der Waals surface area contributed by atoms with Gasteiger partial charge in [-0.3, -0.25) is 4.79 Å². The standard InChI is InChI=1S/C13H17BrO4/c1-12-5-4-7(13(12,2)6-14)8(10(12)16)9(15)11(17)18-3/h7,15H,4-6H2,1-3H3/b9-8-/t7-,12+,13-/m1/s1. The zero-order chi connectivity index (χ0) is 13.7. The number of Topliss-reactive ketones (excluding diaryl/α,β-unsaturated/α-hetero) is 1. The highest BCUT2D eigenvalue weighted by molar-refractivity contribution is 9.09. The van der Waals surface area contributed by atoms with Crippen molar-refractivity contribution in [3.05, 3.63) is 11.3 Å². The molecule has 18 heavy (non-hydrogen) atoms. The molecule has 2 fully saturated rings. The first kappa shape index (κ1) is 13.6. The highest BCUT2D eigenvalue weighted by atomic mass is 79.9. The lowest BCUT2D eigenvalue weighted by Crippen LogP contribution is -2.36. The first-order valence-corrected chi connectivity index (χ1v) is 7.08. The third-order valence-corrected chi connectivity index (χ3v) is 6.13. The van der Waals surface area contributed by atoms with Crippen LogP contribution in [0.4, 0.5) is 0 Å². The third kappa shape index (κ3) is 1.37. The maximum Gasteiger partial charge on any atom is 0.373 e. The fourth-order valence-electron chi connectivity index (χ4n) is 3.43. The summed E-state index contributed by atoms with van der Waals surface area (Å²) in [7, 11) is 1.20. The Morgan fingerprint density at radius 3 is 2.61 bits per heavy atom. The van der Waals surface area contributed by atoms with Crippen molar-refractivity contribution in [3.63, 3.8) is 0 Å². The van der Waals surface area contributed by atoms with Gasteiger partial charge in [0.05, 0.1) is 7.11 Å². The van der Waals surface area contributed by atoms with Crippen molar-refractivity contribution in [2.75, 3.05) is 12.4 Å². The van der Waals surface area contributed by atoms with E-state index in [0.717, 1.165) is 12.8 Å². The molecule has 0 unspecified atom stereocenters. The van der Waals surface area contributed by atoms with Crippen LogP contribution in [0.2, 0.25) is 0 Å².